The number of aliphatic hydroxyl groups is 1. The van der Waals surface area contributed by atoms with E-state index in [9.17, 15) is 15.0 Å². The first-order chi connectivity index (χ1) is 6.61. The molecule has 1 aromatic rings. The summed E-state index contributed by atoms with van der Waals surface area (Å²) in [5, 5.41) is 19.2. The second kappa shape index (κ2) is 3.10. The molecular weight excluding hydrogens is 180 g/mol. The normalized spacial score (nSPS) is 26.0. The van der Waals surface area contributed by atoms with Crippen molar-refractivity contribution in [1.82, 2.24) is 0 Å². The van der Waals surface area contributed by atoms with Gasteiger partial charge in [-0.15, -0.1) is 0 Å². The average molecular weight is 192 g/mol. The topological polar surface area (TPSA) is 57.5 Å². The zero-order valence-corrected chi connectivity index (χ0v) is 7.90. The van der Waals surface area contributed by atoms with Gasteiger partial charge in [0.15, 0.2) is 5.78 Å². The Morgan fingerprint density at radius 3 is 2.86 bits per heavy atom. The van der Waals surface area contributed by atoms with E-state index in [2.05, 4.69) is 0 Å². The summed E-state index contributed by atoms with van der Waals surface area (Å²) in [4.78, 5) is 11.7. The van der Waals surface area contributed by atoms with Crippen LogP contribution in [0.1, 0.15) is 35.4 Å². The Morgan fingerprint density at radius 1 is 1.43 bits per heavy atom. The SMILES string of the molecule is CC1CC(O)c2c(O)cccc2C1=O. The van der Waals surface area contributed by atoms with Crippen molar-refractivity contribution in [2.45, 2.75) is 19.4 Å². The number of phenols is 1. The molecule has 0 bridgehead atoms. The molecule has 3 nitrogen and oxygen atoms in total. The second-order valence-electron chi connectivity index (χ2n) is 3.76. The van der Waals surface area contributed by atoms with Crippen LogP contribution in [0.4, 0.5) is 0 Å². The van der Waals surface area contributed by atoms with Crippen LogP contribution >= 0.6 is 0 Å². The van der Waals surface area contributed by atoms with Crippen molar-refractivity contribution in [1.29, 1.82) is 0 Å². The number of rotatable bonds is 0. The molecule has 3 heteroatoms. The number of aliphatic hydroxyl groups excluding tert-OH is 1. The number of ketones is 1. The van der Waals surface area contributed by atoms with Crippen LogP contribution in [-0.2, 0) is 0 Å². The fraction of sp³-hybridized carbons (Fsp3) is 0.364. The van der Waals surface area contributed by atoms with Gasteiger partial charge in [-0.05, 0) is 12.5 Å². The van der Waals surface area contributed by atoms with E-state index in [0.717, 1.165) is 0 Å². The first kappa shape index (κ1) is 9.21. The smallest absolute Gasteiger partial charge is 0.166 e. The Labute approximate surface area is 82.0 Å². The Bertz CT molecular complexity index is 384. The van der Waals surface area contributed by atoms with Crippen molar-refractivity contribution < 1.29 is 15.0 Å². The van der Waals surface area contributed by atoms with E-state index in [1.54, 1.807) is 19.1 Å². The molecule has 1 aromatic carbocycles. The number of carbonyl (C=O) groups excluding carboxylic acids is 1. The number of phenolic OH excluding ortho intramolecular Hbond substituents is 1. The van der Waals surface area contributed by atoms with Crippen LogP contribution in [0.25, 0.3) is 0 Å². The predicted octanol–water partition coefficient (Wildman–Crippen LogP) is 1.65. The fourth-order valence-electron chi connectivity index (χ4n) is 1.94. The Balaban J connectivity index is 2.61. The number of Topliss-reactive ketones (excluding diaryl/α,β-unsaturated/α-hetero) is 1. The summed E-state index contributed by atoms with van der Waals surface area (Å²) >= 11 is 0. The maximum atomic E-state index is 11.7. The van der Waals surface area contributed by atoms with E-state index < -0.39 is 6.10 Å². The highest BCUT2D eigenvalue weighted by atomic mass is 16.3. The number of hydrogen-bond acceptors (Lipinski definition) is 3. The number of fused-ring (bicyclic) bond motifs is 1. The van der Waals surface area contributed by atoms with Gasteiger partial charge in [-0.2, -0.15) is 0 Å². The lowest BCUT2D eigenvalue weighted by molar-refractivity contribution is 0.0789. The average Bonchev–Trinajstić information content (AvgIpc) is 2.14. The minimum atomic E-state index is -0.723. The molecule has 0 heterocycles. The van der Waals surface area contributed by atoms with E-state index in [1.165, 1.54) is 6.07 Å². The van der Waals surface area contributed by atoms with Gasteiger partial charge >= 0.3 is 0 Å². The zero-order valence-electron chi connectivity index (χ0n) is 7.90. The van der Waals surface area contributed by atoms with Crippen LogP contribution < -0.4 is 0 Å². The number of carbonyl (C=O) groups is 1. The molecule has 0 amide bonds. The Morgan fingerprint density at radius 2 is 2.14 bits per heavy atom. The summed E-state index contributed by atoms with van der Waals surface area (Å²) in [5.74, 6) is -0.157. The summed E-state index contributed by atoms with van der Waals surface area (Å²) in [6, 6.07) is 4.76. The van der Waals surface area contributed by atoms with Gasteiger partial charge in [-0.3, -0.25) is 4.79 Å². The molecule has 0 fully saturated rings. The van der Waals surface area contributed by atoms with Gasteiger partial charge in [0.25, 0.3) is 0 Å². The largest absolute Gasteiger partial charge is 0.508 e. The van der Waals surface area contributed by atoms with Gasteiger partial charge in [0.2, 0.25) is 0 Å². The van der Waals surface area contributed by atoms with Gasteiger partial charge in [0.05, 0.1) is 6.10 Å². The third kappa shape index (κ3) is 1.21. The lowest BCUT2D eigenvalue weighted by Crippen LogP contribution is -2.23. The highest BCUT2D eigenvalue weighted by Gasteiger charge is 2.31. The fourth-order valence-corrected chi connectivity index (χ4v) is 1.94. The minimum Gasteiger partial charge on any atom is -0.508 e. The third-order valence-electron chi connectivity index (χ3n) is 2.71. The maximum absolute atomic E-state index is 11.7. The summed E-state index contributed by atoms with van der Waals surface area (Å²) in [7, 11) is 0. The van der Waals surface area contributed by atoms with Crippen LogP contribution in [0.5, 0.6) is 5.75 Å². The van der Waals surface area contributed by atoms with E-state index in [0.29, 0.717) is 17.5 Å². The highest BCUT2D eigenvalue weighted by Crippen LogP contribution is 2.37. The molecule has 2 N–H and O–H groups in total. The number of hydrogen-bond donors (Lipinski definition) is 2. The second-order valence-corrected chi connectivity index (χ2v) is 3.76. The van der Waals surface area contributed by atoms with Gasteiger partial charge in [-0.25, -0.2) is 0 Å². The molecule has 0 saturated carbocycles. The van der Waals surface area contributed by atoms with Gasteiger partial charge in [0, 0.05) is 17.0 Å². The van der Waals surface area contributed by atoms with Gasteiger partial charge < -0.3 is 10.2 Å². The predicted molar refractivity (Wildman–Crippen MR) is 51.2 cm³/mol. The minimum absolute atomic E-state index is 0.00111. The maximum Gasteiger partial charge on any atom is 0.166 e. The molecule has 0 saturated heterocycles. The van der Waals surface area contributed by atoms with E-state index in [4.69, 9.17) is 0 Å². The third-order valence-corrected chi connectivity index (χ3v) is 2.71. The molecule has 0 aromatic heterocycles. The summed E-state index contributed by atoms with van der Waals surface area (Å²) < 4.78 is 0. The first-order valence-corrected chi connectivity index (χ1v) is 4.65. The van der Waals surface area contributed by atoms with Crippen molar-refractivity contribution in [3.8, 4) is 5.75 Å². The molecule has 1 aliphatic rings. The van der Waals surface area contributed by atoms with E-state index in [1.807, 2.05) is 0 Å². The van der Waals surface area contributed by atoms with Crippen LogP contribution in [0.15, 0.2) is 18.2 Å². The molecule has 2 atom stereocenters. The molecule has 1 aliphatic carbocycles. The van der Waals surface area contributed by atoms with Crippen LogP contribution in [-0.4, -0.2) is 16.0 Å². The van der Waals surface area contributed by atoms with Crippen LogP contribution in [0, 0.1) is 5.92 Å². The molecular formula is C11H12O3. The Hall–Kier alpha value is -1.35. The molecule has 2 unspecified atom stereocenters. The lowest BCUT2D eigenvalue weighted by atomic mass is 9.81. The van der Waals surface area contributed by atoms with Crippen LogP contribution in [0.3, 0.4) is 0 Å². The van der Waals surface area contributed by atoms with Gasteiger partial charge in [-0.1, -0.05) is 19.1 Å². The lowest BCUT2D eigenvalue weighted by Gasteiger charge is -2.25. The van der Waals surface area contributed by atoms with Crippen molar-refractivity contribution >= 4 is 5.78 Å². The highest BCUT2D eigenvalue weighted by molar-refractivity contribution is 6.00. The van der Waals surface area contributed by atoms with Crippen molar-refractivity contribution in [2.75, 3.05) is 0 Å². The molecule has 0 aliphatic heterocycles. The van der Waals surface area contributed by atoms with Crippen molar-refractivity contribution in [3.63, 3.8) is 0 Å². The van der Waals surface area contributed by atoms with E-state index >= 15 is 0 Å². The molecule has 0 spiro atoms. The molecule has 74 valence electrons. The summed E-state index contributed by atoms with van der Waals surface area (Å²) in [5.41, 5.74) is 0.840. The number of benzene rings is 1. The molecule has 14 heavy (non-hydrogen) atoms. The van der Waals surface area contributed by atoms with Crippen molar-refractivity contribution in [3.05, 3.63) is 29.3 Å². The summed E-state index contributed by atoms with van der Waals surface area (Å²) in [6.07, 6.45) is -0.331. The Kier molecular flexibility index (Phi) is 2.04. The summed E-state index contributed by atoms with van der Waals surface area (Å²) in [6.45, 7) is 1.79. The first-order valence-electron chi connectivity index (χ1n) is 4.65. The zero-order chi connectivity index (χ0) is 10.3. The van der Waals surface area contributed by atoms with Gasteiger partial charge in [0.1, 0.15) is 5.75 Å². The monoisotopic (exact) mass is 192 g/mol. The quantitative estimate of drug-likeness (QED) is 0.657. The molecule has 2 rings (SSSR count). The van der Waals surface area contributed by atoms with E-state index in [-0.39, 0.29) is 17.5 Å². The standard InChI is InChI=1S/C11H12O3/c1-6-5-9(13)10-7(11(6)14)3-2-4-8(10)12/h2-4,6,9,12-13H,5H2,1H3. The molecule has 0 radical (unpaired) electrons. The van der Waals surface area contributed by atoms with Crippen molar-refractivity contribution in [2.24, 2.45) is 5.92 Å². The van der Waals surface area contributed by atoms with Crippen LogP contribution in [0.2, 0.25) is 0 Å². The number of aromatic hydroxyl groups is 1.